The van der Waals surface area contributed by atoms with Crippen molar-refractivity contribution >= 4 is 12.3 Å². The van der Waals surface area contributed by atoms with Gasteiger partial charge in [-0.15, -0.1) is 0 Å². The number of benzene rings is 1. The molecule has 0 saturated heterocycles. The van der Waals surface area contributed by atoms with Crippen molar-refractivity contribution in [1.29, 1.82) is 0 Å². The average Bonchev–Trinajstić information content (AvgIpc) is 2.18. The molecule has 0 spiro atoms. The molecule has 0 aliphatic heterocycles. The normalized spacial score (nSPS) is 11.0. The summed E-state index contributed by atoms with van der Waals surface area (Å²) >= 11 is 0. The van der Waals surface area contributed by atoms with Gasteiger partial charge in [0.05, 0.1) is 5.56 Å². The number of hydrogen-bond donors (Lipinski definition) is 1. The molecule has 0 radical (unpaired) electrons. The number of carbonyl (C=O) groups is 2. The molecule has 0 aliphatic rings. The topological polar surface area (TPSA) is 54.4 Å². The fourth-order valence-corrected chi connectivity index (χ4v) is 0.903. The number of carboxylic acids is 1. The van der Waals surface area contributed by atoms with Crippen molar-refractivity contribution in [3.05, 3.63) is 35.4 Å². The first-order valence-corrected chi connectivity index (χ1v) is 3.65. The molecule has 0 amide bonds. The summed E-state index contributed by atoms with van der Waals surface area (Å²) in [5.41, 5.74) is -0.618. The molecule has 0 atom stereocenters. The first kappa shape index (κ1) is 10.3. The molecule has 1 rings (SSSR count). The fourth-order valence-electron chi connectivity index (χ4n) is 0.903. The number of rotatable bonds is 3. The maximum Gasteiger partial charge on any atom is 0.335 e. The van der Waals surface area contributed by atoms with Crippen LogP contribution in [-0.2, 0) is 10.7 Å². The number of alkyl halides is 2. The van der Waals surface area contributed by atoms with E-state index in [9.17, 15) is 18.4 Å². The minimum Gasteiger partial charge on any atom is -0.478 e. The van der Waals surface area contributed by atoms with E-state index in [0.717, 1.165) is 24.3 Å². The van der Waals surface area contributed by atoms with Gasteiger partial charge in [-0.3, -0.25) is 4.79 Å². The van der Waals surface area contributed by atoms with Crippen molar-refractivity contribution in [3.63, 3.8) is 0 Å². The maximum absolute atomic E-state index is 12.7. The van der Waals surface area contributed by atoms with Gasteiger partial charge in [-0.1, -0.05) is 12.1 Å². The zero-order chi connectivity index (χ0) is 10.8. The van der Waals surface area contributed by atoms with Gasteiger partial charge in [0.1, 0.15) is 0 Å². The van der Waals surface area contributed by atoms with E-state index in [1.807, 2.05) is 0 Å². The van der Waals surface area contributed by atoms with E-state index in [4.69, 9.17) is 5.11 Å². The summed E-state index contributed by atoms with van der Waals surface area (Å²) in [6.45, 7) is 0. The van der Waals surface area contributed by atoms with Crippen LogP contribution in [0.3, 0.4) is 0 Å². The van der Waals surface area contributed by atoms with Gasteiger partial charge in [0, 0.05) is 5.56 Å². The number of carbonyl (C=O) groups excluding carboxylic acids is 1. The highest BCUT2D eigenvalue weighted by atomic mass is 19.3. The number of carboxylic acid groups (broad SMARTS) is 1. The monoisotopic (exact) mass is 200 g/mol. The van der Waals surface area contributed by atoms with Crippen LogP contribution in [0.4, 0.5) is 8.78 Å². The maximum atomic E-state index is 12.7. The summed E-state index contributed by atoms with van der Waals surface area (Å²) in [7, 11) is 0. The third kappa shape index (κ3) is 1.93. The molecule has 74 valence electrons. The highest BCUT2D eigenvalue weighted by Gasteiger charge is 2.30. The molecular weight excluding hydrogens is 194 g/mol. The Bertz CT molecular complexity index is 357. The van der Waals surface area contributed by atoms with Gasteiger partial charge in [-0.05, 0) is 12.1 Å². The summed E-state index contributed by atoms with van der Waals surface area (Å²) in [5.74, 6) is -4.76. The minimum absolute atomic E-state index is 0.101. The molecule has 1 N–H and O–H groups in total. The lowest BCUT2D eigenvalue weighted by Crippen LogP contribution is -2.14. The molecule has 0 unspecified atom stereocenters. The SMILES string of the molecule is O=CC(F)(F)c1ccc(C(=O)O)cc1. The molecule has 1 aromatic carbocycles. The van der Waals surface area contributed by atoms with Crippen LogP contribution < -0.4 is 0 Å². The summed E-state index contributed by atoms with van der Waals surface area (Å²) in [6.07, 6.45) is -0.483. The Kier molecular flexibility index (Phi) is 2.60. The molecule has 1 aromatic rings. The summed E-state index contributed by atoms with van der Waals surface area (Å²) in [5, 5.41) is 8.48. The Morgan fingerprint density at radius 1 is 1.29 bits per heavy atom. The van der Waals surface area contributed by atoms with E-state index in [1.54, 1.807) is 0 Å². The number of aldehydes is 1. The van der Waals surface area contributed by atoms with Gasteiger partial charge >= 0.3 is 11.9 Å². The Morgan fingerprint density at radius 2 is 1.79 bits per heavy atom. The lowest BCUT2D eigenvalue weighted by molar-refractivity contribution is -0.130. The quantitative estimate of drug-likeness (QED) is 0.755. The van der Waals surface area contributed by atoms with Gasteiger partial charge in [-0.2, -0.15) is 8.78 Å². The molecule has 0 fully saturated rings. The number of aromatic carboxylic acids is 1. The van der Waals surface area contributed by atoms with Crippen LogP contribution in [0.25, 0.3) is 0 Å². The smallest absolute Gasteiger partial charge is 0.335 e. The van der Waals surface area contributed by atoms with Gasteiger partial charge in [0.15, 0.2) is 6.29 Å². The second-order valence-electron chi connectivity index (χ2n) is 2.62. The van der Waals surface area contributed by atoms with Crippen molar-refractivity contribution in [2.45, 2.75) is 5.92 Å². The van der Waals surface area contributed by atoms with Crippen molar-refractivity contribution in [2.24, 2.45) is 0 Å². The van der Waals surface area contributed by atoms with Crippen LogP contribution >= 0.6 is 0 Å². The van der Waals surface area contributed by atoms with E-state index in [-0.39, 0.29) is 5.56 Å². The van der Waals surface area contributed by atoms with Gasteiger partial charge in [0.25, 0.3) is 0 Å². The van der Waals surface area contributed by atoms with Crippen LogP contribution in [0.5, 0.6) is 0 Å². The zero-order valence-electron chi connectivity index (χ0n) is 6.91. The second kappa shape index (κ2) is 3.53. The van der Waals surface area contributed by atoms with Gasteiger partial charge in [0.2, 0.25) is 0 Å². The lowest BCUT2D eigenvalue weighted by atomic mass is 10.1. The van der Waals surface area contributed by atoms with Crippen LogP contribution in [0.2, 0.25) is 0 Å². The highest BCUT2D eigenvalue weighted by Crippen LogP contribution is 2.25. The predicted molar refractivity (Wildman–Crippen MR) is 43.4 cm³/mol. The van der Waals surface area contributed by atoms with Crippen molar-refractivity contribution < 1.29 is 23.5 Å². The Labute approximate surface area is 78.0 Å². The van der Waals surface area contributed by atoms with Crippen LogP contribution in [-0.4, -0.2) is 17.4 Å². The van der Waals surface area contributed by atoms with Gasteiger partial charge < -0.3 is 5.11 Å². The van der Waals surface area contributed by atoms with Crippen LogP contribution in [0.15, 0.2) is 24.3 Å². The molecule has 0 heterocycles. The van der Waals surface area contributed by atoms with E-state index in [1.165, 1.54) is 0 Å². The first-order valence-electron chi connectivity index (χ1n) is 3.65. The average molecular weight is 200 g/mol. The Balaban J connectivity index is 3.05. The van der Waals surface area contributed by atoms with Crippen molar-refractivity contribution in [1.82, 2.24) is 0 Å². The van der Waals surface area contributed by atoms with E-state index in [2.05, 4.69) is 0 Å². The largest absolute Gasteiger partial charge is 0.478 e. The lowest BCUT2D eigenvalue weighted by Gasteiger charge is -2.08. The van der Waals surface area contributed by atoms with Crippen LogP contribution in [0.1, 0.15) is 15.9 Å². The van der Waals surface area contributed by atoms with E-state index in [0.29, 0.717) is 0 Å². The third-order valence-corrected chi connectivity index (χ3v) is 1.66. The number of hydrogen-bond acceptors (Lipinski definition) is 2. The highest BCUT2D eigenvalue weighted by molar-refractivity contribution is 5.87. The van der Waals surface area contributed by atoms with Crippen LogP contribution in [0, 0.1) is 0 Å². The molecule has 0 bridgehead atoms. The summed E-state index contributed by atoms with van der Waals surface area (Å²) in [6, 6.07) is 3.87. The molecule has 0 aliphatic carbocycles. The predicted octanol–water partition coefficient (Wildman–Crippen LogP) is 1.68. The molecule has 3 nitrogen and oxygen atoms in total. The van der Waals surface area contributed by atoms with E-state index >= 15 is 0 Å². The van der Waals surface area contributed by atoms with Crippen molar-refractivity contribution in [3.8, 4) is 0 Å². The molecular formula is C9H6F2O3. The number of halogens is 2. The first-order chi connectivity index (χ1) is 6.47. The summed E-state index contributed by atoms with van der Waals surface area (Å²) in [4.78, 5) is 20.4. The second-order valence-corrected chi connectivity index (χ2v) is 2.62. The minimum atomic E-state index is -3.56. The van der Waals surface area contributed by atoms with Crippen molar-refractivity contribution in [2.75, 3.05) is 0 Å². The fraction of sp³-hybridized carbons (Fsp3) is 0.111. The standard InChI is InChI=1S/C9H6F2O3/c10-9(11,5-12)7-3-1-6(2-4-7)8(13)14/h1-5H,(H,13,14). The summed E-state index contributed by atoms with van der Waals surface area (Å²) < 4.78 is 25.4. The molecule has 5 heteroatoms. The third-order valence-electron chi connectivity index (χ3n) is 1.66. The Morgan fingerprint density at radius 3 is 2.14 bits per heavy atom. The zero-order valence-corrected chi connectivity index (χ0v) is 6.91. The molecule has 14 heavy (non-hydrogen) atoms. The Hall–Kier alpha value is -1.78. The van der Waals surface area contributed by atoms with E-state index < -0.39 is 23.7 Å². The van der Waals surface area contributed by atoms with Gasteiger partial charge in [-0.25, -0.2) is 4.79 Å². The molecule has 0 saturated carbocycles. The molecule has 0 aromatic heterocycles.